The summed E-state index contributed by atoms with van der Waals surface area (Å²) in [6.07, 6.45) is 16.0. The summed E-state index contributed by atoms with van der Waals surface area (Å²) in [7, 11) is 0. The Morgan fingerprint density at radius 2 is 1.33 bits per heavy atom. The van der Waals surface area contributed by atoms with Crippen LogP contribution in [-0.2, 0) is 0 Å². The van der Waals surface area contributed by atoms with Crippen LogP contribution >= 0.6 is 0 Å². The van der Waals surface area contributed by atoms with Gasteiger partial charge in [-0.2, -0.15) is 0 Å². The van der Waals surface area contributed by atoms with E-state index in [4.69, 9.17) is 0 Å². The predicted molar refractivity (Wildman–Crippen MR) is 78.9 cm³/mol. The molecule has 18 heavy (non-hydrogen) atoms. The Kier molecular flexibility index (Phi) is 9.59. The average molecular weight is 255 g/mol. The van der Waals surface area contributed by atoms with Gasteiger partial charge in [-0.3, -0.25) is 0 Å². The number of hydrogen-bond donors (Lipinski definition) is 2. The third-order valence-electron chi connectivity index (χ3n) is 4.22. The zero-order valence-corrected chi connectivity index (χ0v) is 12.3. The SMILES string of the molecule is CCC(O)CNC1CCCCCCCCCCC1. The van der Waals surface area contributed by atoms with Gasteiger partial charge in [-0.25, -0.2) is 0 Å². The summed E-state index contributed by atoms with van der Waals surface area (Å²) in [6, 6.07) is 0.644. The molecule has 1 rings (SSSR count). The Hall–Kier alpha value is -0.0800. The summed E-state index contributed by atoms with van der Waals surface area (Å²) in [5.74, 6) is 0. The standard InChI is InChI=1S/C16H33NO/c1-2-16(18)14-17-15-12-10-8-6-4-3-5-7-9-11-13-15/h15-18H,2-14H2,1H3. The quantitative estimate of drug-likeness (QED) is 0.795. The maximum atomic E-state index is 9.63. The molecule has 2 heteroatoms. The van der Waals surface area contributed by atoms with Crippen LogP contribution in [0.25, 0.3) is 0 Å². The minimum Gasteiger partial charge on any atom is -0.392 e. The van der Waals surface area contributed by atoms with Crippen molar-refractivity contribution in [1.29, 1.82) is 0 Å². The number of rotatable bonds is 4. The fraction of sp³-hybridized carbons (Fsp3) is 1.00. The van der Waals surface area contributed by atoms with E-state index in [9.17, 15) is 5.11 Å². The first-order valence-corrected chi connectivity index (χ1v) is 8.24. The molecule has 1 fully saturated rings. The lowest BCUT2D eigenvalue weighted by Crippen LogP contribution is -2.35. The van der Waals surface area contributed by atoms with Gasteiger partial charge in [0.1, 0.15) is 0 Å². The second kappa shape index (κ2) is 10.8. The van der Waals surface area contributed by atoms with Crippen LogP contribution in [0.4, 0.5) is 0 Å². The molecular formula is C16H33NO. The van der Waals surface area contributed by atoms with Crippen molar-refractivity contribution >= 4 is 0 Å². The molecule has 0 spiro atoms. The summed E-state index contributed by atoms with van der Waals surface area (Å²) in [5, 5.41) is 13.2. The highest BCUT2D eigenvalue weighted by atomic mass is 16.3. The normalized spacial score (nSPS) is 23.0. The highest BCUT2D eigenvalue weighted by Gasteiger charge is 2.10. The molecule has 0 radical (unpaired) electrons. The van der Waals surface area contributed by atoms with Crippen LogP contribution in [0.5, 0.6) is 0 Å². The first kappa shape index (κ1) is 16.0. The van der Waals surface area contributed by atoms with E-state index >= 15 is 0 Å². The van der Waals surface area contributed by atoms with Gasteiger partial charge in [0.15, 0.2) is 0 Å². The van der Waals surface area contributed by atoms with Crippen molar-refractivity contribution in [2.75, 3.05) is 6.54 Å². The smallest absolute Gasteiger partial charge is 0.0662 e. The van der Waals surface area contributed by atoms with E-state index in [1.54, 1.807) is 0 Å². The van der Waals surface area contributed by atoms with E-state index in [0.29, 0.717) is 6.04 Å². The molecule has 2 N–H and O–H groups in total. The molecule has 0 aromatic carbocycles. The minimum atomic E-state index is -0.161. The topological polar surface area (TPSA) is 32.3 Å². The maximum Gasteiger partial charge on any atom is 0.0662 e. The summed E-state index contributed by atoms with van der Waals surface area (Å²) >= 11 is 0. The second-order valence-electron chi connectivity index (χ2n) is 5.93. The largest absolute Gasteiger partial charge is 0.392 e. The maximum absolute atomic E-state index is 9.63. The van der Waals surface area contributed by atoms with Gasteiger partial charge in [-0.05, 0) is 19.3 Å². The molecule has 1 unspecified atom stereocenters. The van der Waals surface area contributed by atoms with Crippen LogP contribution in [0.1, 0.15) is 84.0 Å². The predicted octanol–water partition coefficient (Wildman–Crippen LogP) is 4.02. The van der Waals surface area contributed by atoms with Gasteiger partial charge in [-0.1, -0.05) is 64.7 Å². The molecule has 1 saturated carbocycles. The average Bonchev–Trinajstić information content (AvgIpc) is 2.37. The third kappa shape index (κ3) is 8.10. The molecule has 0 bridgehead atoms. The van der Waals surface area contributed by atoms with Crippen molar-refractivity contribution in [1.82, 2.24) is 5.32 Å². The van der Waals surface area contributed by atoms with Crippen molar-refractivity contribution in [2.24, 2.45) is 0 Å². The number of nitrogens with one attached hydrogen (secondary N) is 1. The Balaban J connectivity index is 2.23. The fourth-order valence-corrected chi connectivity index (χ4v) is 2.81. The highest BCUT2D eigenvalue weighted by Crippen LogP contribution is 2.16. The summed E-state index contributed by atoms with van der Waals surface area (Å²) < 4.78 is 0. The minimum absolute atomic E-state index is 0.161. The van der Waals surface area contributed by atoms with Crippen molar-refractivity contribution in [3.8, 4) is 0 Å². The van der Waals surface area contributed by atoms with Crippen molar-refractivity contribution in [3.63, 3.8) is 0 Å². The summed E-state index contributed by atoms with van der Waals surface area (Å²) in [6.45, 7) is 2.83. The first-order valence-electron chi connectivity index (χ1n) is 8.24. The lowest BCUT2D eigenvalue weighted by molar-refractivity contribution is 0.160. The number of aliphatic hydroxyl groups excluding tert-OH is 1. The van der Waals surface area contributed by atoms with Crippen LogP contribution < -0.4 is 5.32 Å². The molecule has 1 aliphatic rings. The number of hydrogen-bond acceptors (Lipinski definition) is 2. The fourth-order valence-electron chi connectivity index (χ4n) is 2.81. The molecule has 1 aliphatic carbocycles. The molecule has 2 nitrogen and oxygen atoms in total. The molecular weight excluding hydrogens is 222 g/mol. The van der Waals surface area contributed by atoms with Crippen LogP contribution in [0.15, 0.2) is 0 Å². The Bertz CT molecular complexity index is 172. The molecule has 0 saturated heterocycles. The molecule has 1 atom stereocenters. The second-order valence-corrected chi connectivity index (χ2v) is 5.93. The highest BCUT2D eigenvalue weighted by molar-refractivity contribution is 4.70. The summed E-state index contributed by atoms with van der Waals surface area (Å²) in [4.78, 5) is 0. The van der Waals surface area contributed by atoms with Gasteiger partial charge in [0, 0.05) is 12.6 Å². The van der Waals surface area contributed by atoms with Gasteiger partial charge in [0.05, 0.1) is 6.10 Å². The van der Waals surface area contributed by atoms with Gasteiger partial charge in [-0.15, -0.1) is 0 Å². The van der Waals surface area contributed by atoms with Crippen molar-refractivity contribution in [3.05, 3.63) is 0 Å². The van der Waals surface area contributed by atoms with E-state index in [2.05, 4.69) is 5.32 Å². The summed E-state index contributed by atoms with van der Waals surface area (Å²) in [5.41, 5.74) is 0. The van der Waals surface area contributed by atoms with Crippen LogP contribution in [-0.4, -0.2) is 23.8 Å². The first-order chi connectivity index (χ1) is 8.83. The molecule has 0 aliphatic heterocycles. The lowest BCUT2D eigenvalue weighted by atomic mass is 9.98. The van der Waals surface area contributed by atoms with Crippen molar-refractivity contribution in [2.45, 2.75) is 96.1 Å². The Morgan fingerprint density at radius 3 is 1.78 bits per heavy atom. The molecule has 0 aromatic rings. The van der Waals surface area contributed by atoms with E-state index < -0.39 is 0 Å². The van der Waals surface area contributed by atoms with Crippen LogP contribution in [0, 0.1) is 0 Å². The van der Waals surface area contributed by atoms with Gasteiger partial charge in [0.2, 0.25) is 0 Å². The van der Waals surface area contributed by atoms with E-state index in [0.717, 1.165) is 13.0 Å². The van der Waals surface area contributed by atoms with E-state index in [1.807, 2.05) is 6.92 Å². The Labute approximate surface area is 114 Å². The van der Waals surface area contributed by atoms with Crippen molar-refractivity contribution < 1.29 is 5.11 Å². The zero-order valence-electron chi connectivity index (χ0n) is 12.3. The number of aliphatic hydroxyl groups is 1. The van der Waals surface area contributed by atoms with E-state index in [1.165, 1.54) is 70.6 Å². The molecule has 108 valence electrons. The molecule has 0 aromatic heterocycles. The van der Waals surface area contributed by atoms with Crippen LogP contribution in [0.2, 0.25) is 0 Å². The molecule has 0 amide bonds. The Morgan fingerprint density at radius 1 is 0.889 bits per heavy atom. The third-order valence-corrected chi connectivity index (χ3v) is 4.22. The van der Waals surface area contributed by atoms with E-state index in [-0.39, 0.29) is 6.10 Å². The molecule has 0 heterocycles. The van der Waals surface area contributed by atoms with Crippen LogP contribution in [0.3, 0.4) is 0 Å². The zero-order chi connectivity index (χ0) is 13.1. The van der Waals surface area contributed by atoms with Gasteiger partial charge >= 0.3 is 0 Å². The lowest BCUT2D eigenvalue weighted by Gasteiger charge is -2.21. The monoisotopic (exact) mass is 255 g/mol. The van der Waals surface area contributed by atoms with Gasteiger partial charge < -0.3 is 10.4 Å². The van der Waals surface area contributed by atoms with Gasteiger partial charge in [0.25, 0.3) is 0 Å².